The summed E-state index contributed by atoms with van der Waals surface area (Å²) < 4.78 is 32.8. The van der Waals surface area contributed by atoms with Crippen LogP contribution in [0.2, 0.25) is 0 Å². The molecule has 1 saturated heterocycles. The first-order valence-electron chi connectivity index (χ1n) is 7.34. The molecule has 21 heavy (non-hydrogen) atoms. The molecule has 1 aromatic carbocycles. The summed E-state index contributed by atoms with van der Waals surface area (Å²) in [5, 5.41) is 0. The van der Waals surface area contributed by atoms with Crippen molar-refractivity contribution >= 4 is 15.7 Å². The van der Waals surface area contributed by atoms with E-state index in [1.807, 2.05) is 20.8 Å². The predicted octanol–water partition coefficient (Wildman–Crippen LogP) is 2.08. The zero-order valence-corrected chi connectivity index (χ0v) is 13.7. The number of nitrogens with two attached hydrogens (primary N) is 1. The first kappa shape index (κ1) is 16.3. The van der Waals surface area contributed by atoms with E-state index in [9.17, 15) is 8.42 Å². The number of rotatable bonds is 5. The van der Waals surface area contributed by atoms with Gasteiger partial charge in [0.15, 0.2) is 0 Å². The maximum atomic E-state index is 12.9. The van der Waals surface area contributed by atoms with Crippen molar-refractivity contribution in [3.05, 3.63) is 23.3 Å². The fourth-order valence-electron chi connectivity index (χ4n) is 2.67. The second-order valence-corrected chi connectivity index (χ2v) is 7.46. The first-order valence-corrected chi connectivity index (χ1v) is 8.78. The van der Waals surface area contributed by atoms with Gasteiger partial charge in [0.25, 0.3) is 0 Å². The Labute approximate surface area is 127 Å². The van der Waals surface area contributed by atoms with Crippen LogP contribution in [0.15, 0.2) is 17.0 Å². The van der Waals surface area contributed by atoms with E-state index in [4.69, 9.17) is 10.5 Å². The van der Waals surface area contributed by atoms with Crippen LogP contribution >= 0.6 is 0 Å². The molecule has 1 fully saturated rings. The number of benzene rings is 1. The molecule has 0 bridgehead atoms. The number of hydrogen-bond donors (Lipinski definition) is 1. The third-order valence-electron chi connectivity index (χ3n) is 4.04. The van der Waals surface area contributed by atoms with E-state index in [-0.39, 0.29) is 6.10 Å². The third-order valence-corrected chi connectivity index (χ3v) is 6.11. The molecule has 0 aliphatic carbocycles. The van der Waals surface area contributed by atoms with Gasteiger partial charge in [-0.2, -0.15) is 4.31 Å². The van der Waals surface area contributed by atoms with Crippen LogP contribution in [0, 0.1) is 13.8 Å². The summed E-state index contributed by atoms with van der Waals surface area (Å²) in [7, 11) is -3.54. The molecule has 6 heteroatoms. The molecule has 1 atom stereocenters. The highest BCUT2D eigenvalue weighted by molar-refractivity contribution is 7.89. The predicted molar refractivity (Wildman–Crippen MR) is 83.7 cm³/mol. The molecule has 1 aliphatic heterocycles. The summed E-state index contributed by atoms with van der Waals surface area (Å²) in [6.45, 7) is 7.10. The molecule has 2 N–H and O–H groups in total. The van der Waals surface area contributed by atoms with E-state index in [1.54, 1.807) is 12.1 Å². The van der Waals surface area contributed by atoms with E-state index in [1.165, 1.54) is 4.31 Å². The number of ether oxygens (including phenoxy) is 1. The summed E-state index contributed by atoms with van der Waals surface area (Å²) in [6.07, 6.45) is 1.92. The Morgan fingerprint density at radius 1 is 1.38 bits per heavy atom. The van der Waals surface area contributed by atoms with Gasteiger partial charge < -0.3 is 10.5 Å². The van der Waals surface area contributed by atoms with E-state index in [0.717, 1.165) is 30.6 Å². The standard InChI is InChI=1S/C15H24N2O3S/c1-4-17(10-14-6-5-7-20-14)21(18,19)15-9-13(16)8-11(2)12(15)3/h8-9,14H,4-7,10,16H2,1-3H3. The summed E-state index contributed by atoms with van der Waals surface area (Å²) in [4.78, 5) is 0.305. The lowest BCUT2D eigenvalue weighted by Gasteiger charge is -2.24. The molecule has 1 aromatic rings. The smallest absolute Gasteiger partial charge is 0.243 e. The van der Waals surface area contributed by atoms with Gasteiger partial charge in [0.2, 0.25) is 10.0 Å². The zero-order chi connectivity index (χ0) is 15.6. The Hall–Kier alpha value is -1.11. The maximum absolute atomic E-state index is 12.9. The van der Waals surface area contributed by atoms with Crippen molar-refractivity contribution in [1.29, 1.82) is 0 Å². The lowest BCUT2D eigenvalue weighted by atomic mass is 10.1. The third kappa shape index (κ3) is 3.39. The molecule has 0 radical (unpaired) electrons. The number of sulfonamides is 1. The van der Waals surface area contributed by atoms with Crippen LogP contribution < -0.4 is 5.73 Å². The summed E-state index contributed by atoms with van der Waals surface area (Å²) in [5.74, 6) is 0. The number of hydrogen-bond acceptors (Lipinski definition) is 4. The average molecular weight is 312 g/mol. The molecule has 1 unspecified atom stereocenters. The quantitative estimate of drug-likeness (QED) is 0.845. The number of anilines is 1. The molecule has 0 aromatic heterocycles. The van der Waals surface area contributed by atoms with Crippen molar-refractivity contribution in [1.82, 2.24) is 4.31 Å². The Balaban J connectivity index is 2.34. The molecular formula is C15H24N2O3S. The van der Waals surface area contributed by atoms with Crippen LogP contribution in [-0.4, -0.2) is 38.5 Å². The average Bonchev–Trinajstić information content (AvgIpc) is 2.92. The number of likely N-dealkylation sites (N-methyl/N-ethyl adjacent to an activating group) is 1. The molecule has 0 spiro atoms. The van der Waals surface area contributed by atoms with Gasteiger partial charge in [0, 0.05) is 25.4 Å². The Morgan fingerprint density at radius 2 is 2.10 bits per heavy atom. The lowest BCUT2D eigenvalue weighted by Crippen LogP contribution is -2.37. The second-order valence-electron chi connectivity index (χ2n) is 5.55. The normalized spacial score (nSPS) is 19.3. The highest BCUT2D eigenvalue weighted by Gasteiger charge is 2.29. The van der Waals surface area contributed by atoms with Gasteiger partial charge in [-0.25, -0.2) is 8.42 Å². The van der Waals surface area contributed by atoms with Crippen LogP contribution in [0.3, 0.4) is 0 Å². The largest absolute Gasteiger partial charge is 0.399 e. The minimum Gasteiger partial charge on any atom is -0.399 e. The second kappa shape index (κ2) is 6.34. The van der Waals surface area contributed by atoms with E-state index in [2.05, 4.69) is 0 Å². The van der Waals surface area contributed by atoms with Crippen molar-refractivity contribution in [2.24, 2.45) is 0 Å². The van der Waals surface area contributed by atoms with Crippen LogP contribution in [0.4, 0.5) is 5.69 Å². The van der Waals surface area contributed by atoms with E-state index in [0.29, 0.717) is 23.7 Å². The number of nitrogen functional groups attached to an aromatic ring is 1. The summed E-state index contributed by atoms with van der Waals surface area (Å²) in [5.41, 5.74) is 7.95. The SMILES string of the molecule is CCN(CC1CCCO1)S(=O)(=O)c1cc(N)cc(C)c1C. The molecule has 0 saturated carbocycles. The van der Waals surface area contributed by atoms with Crippen molar-refractivity contribution in [2.75, 3.05) is 25.4 Å². The van der Waals surface area contributed by atoms with Crippen molar-refractivity contribution in [2.45, 2.75) is 44.6 Å². The lowest BCUT2D eigenvalue weighted by molar-refractivity contribution is 0.0946. The minimum atomic E-state index is -3.54. The van der Waals surface area contributed by atoms with Gasteiger partial charge in [-0.1, -0.05) is 6.92 Å². The van der Waals surface area contributed by atoms with E-state index >= 15 is 0 Å². The fraction of sp³-hybridized carbons (Fsp3) is 0.600. The van der Waals surface area contributed by atoms with Crippen molar-refractivity contribution in [3.63, 3.8) is 0 Å². The van der Waals surface area contributed by atoms with E-state index < -0.39 is 10.0 Å². The van der Waals surface area contributed by atoms with Crippen LogP contribution in [0.5, 0.6) is 0 Å². The first-order chi connectivity index (χ1) is 9.86. The van der Waals surface area contributed by atoms with Crippen LogP contribution in [0.1, 0.15) is 30.9 Å². The minimum absolute atomic E-state index is 0.00203. The van der Waals surface area contributed by atoms with Gasteiger partial charge >= 0.3 is 0 Å². The van der Waals surface area contributed by atoms with Gasteiger partial charge in [-0.05, 0) is 49.9 Å². The highest BCUT2D eigenvalue weighted by atomic mass is 32.2. The highest BCUT2D eigenvalue weighted by Crippen LogP contribution is 2.26. The van der Waals surface area contributed by atoms with Crippen molar-refractivity contribution in [3.8, 4) is 0 Å². The summed E-state index contributed by atoms with van der Waals surface area (Å²) >= 11 is 0. The summed E-state index contributed by atoms with van der Waals surface area (Å²) in [6, 6.07) is 3.35. The number of aryl methyl sites for hydroxylation is 1. The Bertz CT molecular complexity index is 608. The topological polar surface area (TPSA) is 72.6 Å². The van der Waals surface area contributed by atoms with Gasteiger partial charge in [-0.15, -0.1) is 0 Å². The van der Waals surface area contributed by atoms with Crippen LogP contribution in [0.25, 0.3) is 0 Å². The molecular weight excluding hydrogens is 288 g/mol. The van der Waals surface area contributed by atoms with Gasteiger partial charge in [-0.3, -0.25) is 0 Å². The number of nitrogens with zero attached hydrogens (tertiary/aromatic N) is 1. The zero-order valence-electron chi connectivity index (χ0n) is 12.9. The molecule has 2 rings (SSSR count). The Morgan fingerprint density at radius 3 is 2.67 bits per heavy atom. The molecule has 1 heterocycles. The maximum Gasteiger partial charge on any atom is 0.243 e. The fourth-order valence-corrected chi connectivity index (χ4v) is 4.49. The molecule has 0 amide bonds. The molecule has 5 nitrogen and oxygen atoms in total. The molecule has 1 aliphatic rings. The Kier molecular flexibility index (Phi) is 4.91. The van der Waals surface area contributed by atoms with Gasteiger partial charge in [0.05, 0.1) is 11.0 Å². The monoisotopic (exact) mass is 312 g/mol. The van der Waals surface area contributed by atoms with Crippen molar-refractivity contribution < 1.29 is 13.2 Å². The van der Waals surface area contributed by atoms with Crippen LogP contribution in [-0.2, 0) is 14.8 Å². The van der Waals surface area contributed by atoms with Gasteiger partial charge in [0.1, 0.15) is 0 Å². The molecule has 118 valence electrons.